The molecule has 0 saturated heterocycles. The fraction of sp³-hybridized carbons (Fsp3) is 0.889. The Morgan fingerprint density at radius 1 is 1.42 bits per heavy atom. The highest BCUT2D eigenvalue weighted by atomic mass is 127. The maximum atomic E-state index is 10.8. The van der Waals surface area contributed by atoms with Gasteiger partial charge in [-0.25, -0.2) is 0 Å². The molecular formula is C9H15IO2. The fourth-order valence-corrected chi connectivity index (χ4v) is 2.82. The van der Waals surface area contributed by atoms with Gasteiger partial charge in [-0.05, 0) is 12.8 Å². The van der Waals surface area contributed by atoms with Crippen LogP contribution >= 0.6 is 22.6 Å². The molecule has 1 rings (SSSR count). The minimum Gasteiger partial charge on any atom is -0.481 e. The Morgan fingerprint density at radius 2 is 1.92 bits per heavy atom. The van der Waals surface area contributed by atoms with Crippen LogP contribution in [0, 0.1) is 5.92 Å². The van der Waals surface area contributed by atoms with E-state index in [0.717, 1.165) is 12.8 Å². The van der Waals surface area contributed by atoms with Gasteiger partial charge in [0.25, 0.3) is 0 Å². The largest absolute Gasteiger partial charge is 0.481 e. The van der Waals surface area contributed by atoms with Crippen molar-refractivity contribution in [1.82, 2.24) is 0 Å². The highest BCUT2D eigenvalue weighted by Gasteiger charge is 2.38. The molecule has 0 aromatic carbocycles. The first-order chi connectivity index (χ1) is 5.56. The van der Waals surface area contributed by atoms with E-state index in [0.29, 0.717) is 0 Å². The third-order valence-electron chi connectivity index (χ3n) is 2.83. The van der Waals surface area contributed by atoms with E-state index in [2.05, 4.69) is 22.6 Å². The number of halogens is 1. The summed E-state index contributed by atoms with van der Waals surface area (Å²) in [7, 11) is 0. The second-order valence-electron chi connectivity index (χ2n) is 3.66. The molecule has 1 saturated carbocycles. The lowest BCUT2D eigenvalue weighted by Crippen LogP contribution is -2.36. The number of aliphatic carboxylic acids is 1. The summed E-state index contributed by atoms with van der Waals surface area (Å²) in [6.07, 6.45) is 5.81. The van der Waals surface area contributed by atoms with E-state index in [1.165, 1.54) is 19.3 Å². The zero-order chi connectivity index (χ0) is 9.19. The lowest BCUT2D eigenvalue weighted by molar-refractivity contribution is -0.142. The molecule has 0 amide bonds. The zero-order valence-corrected chi connectivity index (χ0v) is 9.50. The number of carbonyl (C=O) groups is 1. The Labute approximate surface area is 86.9 Å². The average molecular weight is 282 g/mol. The summed E-state index contributed by atoms with van der Waals surface area (Å²) in [4.78, 5) is 10.8. The third kappa shape index (κ3) is 2.12. The lowest BCUT2D eigenvalue weighted by Gasteiger charge is -2.34. The van der Waals surface area contributed by atoms with Crippen molar-refractivity contribution >= 4 is 28.6 Å². The van der Waals surface area contributed by atoms with Crippen LogP contribution in [0.3, 0.4) is 0 Å². The van der Waals surface area contributed by atoms with Crippen LogP contribution in [0.15, 0.2) is 0 Å². The monoisotopic (exact) mass is 282 g/mol. The molecule has 0 aliphatic heterocycles. The molecule has 12 heavy (non-hydrogen) atoms. The lowest BCUT2D eigenvalue weighted by atomic mass is 9.81. The smallest absolute Gasteiger partial charge is 0.307 e. The second kappa shape index (κ2) is 3.94. The van der Waals surface area contributed by atoms with Crippen molar-refractivity contribution in [1.29, 1.82) is 0 Å². The van der Waals surface area contributed by atoms with Gasteiger partial charge in [0.15, 0.2) is 0 Å². The van der Waals surface area contributed by atoms with Crippen LogP contribution < -0.4 is 0 Å². The minimum atomic E-state index is -0.647. The number of carboxylic acids is 1. The Bertz CT molecular complexity index is 173. The molecule has 0 heterocycles. The fourth-order valence-electron chi connectivity index (χ4n) is 1.79. The predicted molar refractivity (Wildman–Crippen MR) is 56.6 cm³/mol. The number of rotatable bonds is 2. The molecule has 1 aliphatic rings. The molecule has 1 unspecified atom stereocenters. The summed E-state index contributed by atoms with van der Waals surface area (Å²) in [5, 5.41) is 8.89. The van der Waals surface area contributed by atoms with Gasteiger partial charge in [-0.1, -0.05) is 48.8 Å². The van der Waals surface area contributed by atoms with Crippen molar-refractivity contribution in [3.05, 3.63) is 0 Å². The van der Waals surface area contributed by atoms with E-state index in [1.807, 2.05) is 6.92 Å². The van der Waals surface area contributed by atoms with E-state index in [1.54, 1.807) is 0 Å². The van der Waals surface area contributed by atoms with Gasteiger partial charge in [0.2, 0.25) is 0 Å². The second-order valence-corrected chi connectivity index (χ2v) is 5.80. The first kappa shape index (κ1) is 10.3. The van der Waals surface area contributed by atoms with Gasteiger partial charge < -0.3 is 5.11 Å². The third-order valence-corrected chi connectivity index (χ3v) is 4.84. The molecule has 1 aliphatic carbocycles. The quantitative estimate of drug-likeness (QED) is 0.624. The number of hydrogen-bond acceptors (Lipinski definition) is 1. The molecule has 0 spiro atoms. The van der Waals surface area contributed by atoms with Crippen molar-refractivity contribution < 1.29 is 9.90 Å². The summed E-state index contributed by atoms with van der Waals surface area (Å²) in [6, 6.07) is 0. The number of hydrogen-bond donors (Lipinski definition) is 1. The van der Waals surface area contributed by atoms with E-state index in [-0.39, 0.29) is 9.34 Å². The highest BCUT2D eigenvalue weighted by Crippen LogP contribution is 2.42. The topological polar surface area (TPSA) is 37.3 Å². The van der Waals surface area contributed by atoms with Crippen LogP contribution in [0.25, 0.3) is 0 Å². The maximum Gasteiger partial charge on any atom is 0.307 e. The molecule has 3 heteroatoms. The molecule has 0 aromatic rings. The van der Waals surface area contributed by atoms with Gasteiger partial charge in [0.1, 0.15) is 0 Å². The van der Waals surface area contributed by atoms with Crippen molar-refractivity contribution in [3.63, 3.8) is 0 Å². The van der Waals surface area contributed by atoms with Crippen molar-refractivity contribution in [3.8, 4) is 0 Å². The van der Waals surface area contributed by atoms with E-state index < -0.39 is 5.97 Å². The Kier molecular flexibility index (Phi) is 3.37. The molecule has 0 aromatic heterocycles. The van der Waals surface area contributed by atoms with Gasteiger partial charge in [-0.15, -0.1) is 0 Å². The van der Waals surface area contributed by atoms with Crippen LogP contribution in [-0.2, 0) is 4.79 Å². The molecule has 1 fully saturated rings. The first-order valence-corrected chi connectivity index (χ1v) is 5.56. The summed E-state index contributed by atoms with van der Waals surface area (Å²) >= 11 is 2.35. The van der Waals surface area contributed by atoms with Crippen LogP contribution in [-0.4, -0.2) is 14.5 Å². The Balaban J connectivity index is 2.62. The summed E-state index contributed by atoms with van der Waals surface area (Å²) in [5.41, 5.74) is 0. The predicted octanol–water partition coefficient (Wildman–Crippen LogP) is 2.85. The molecule has 70 valence electrons. The molecule has 0 bridgehead atoms. The van der Waals surface area contributed by atoms with Gasteiger partial charge >= 0.3 is 5.97 Å². The molecular weight excluding hydrogens is 267 g/mol. The summed E-state index contributed by atoms with van der Waals surface area (Å²) in [6.45, 7) is 1.83. The molecule has 2 nitrogen and oxygen atoms in total. The van der Waals surface area contributed by atoms with Crippen molar-refractivity contribution in [2.75, 3.05) is 0 Å². The zero-order valence-electron chi connectivity index (χ0n) is 7.35. The normalized spacial score (nSPS) is 24.8. The van der Waals surface area contributed by atoms with Crippen LogP contribution in [0.1, 0.15) is 39.0 Å². The highest BCUT2D eigenvalue weighted by molar-refractivity contribution is 14.1. The maximum absolute atomic E-state index is 10.8. The Morgan fingerprint density at radius 3 is 2.33 bits per heavy atom. The number of alkyl halides is 1. The standard InChI is InChI=1S/C9H15IO2/c1-7(8(11)12)9(10)5-3-2-4-6-9/h7H,2-6H2,1H3,(H,11,12). The minimum absolute atomic E-state index is 0.0296. The molecule has 0 radical (unpaired) electrons. The van der Waals surface area contributed by atoms with Crippen LogP contribution in [0.4, 0.5) is 0 Å². The molecule has 1 atom stereocenters. The average Bonchev–Trinajstić information content (AvgIpc) is 2.04. The number of carboxylic acid groups (broad SMARTS) is 1. The van der Waals surface area contributed by atoms with Crippen molar-refractivity contribution in [2.24, 2.45) is 5.92 Å². The first-order valence-electron chi connectivity index (χ1n) is 4.48. The van der Waals surface area contributed by atoms with Gasteiger partial charge in [-0.2, -0.15) is 0 Å². The van der Waals surface area contributed by atoms with Crippen LogP contribution in [0.5, 0.6) is 0 Å². The van der Waals surface area contributed by atoms with E-state index in [4.69, 9.17) is 5.11 Å². The summed E-state index contributed by atoms with van der Waals surface area (Å²) < 4.78 is 0.0296. The summed E-state index contributed by atoms with van der Waals surface area (Å²) in [5.74, 6) is -0.843. The van der Waals surface area contributed by atoms with Crippen LogP contribution in [0.2, 0.25) is 0 Å². The van der Waals surface area contributed by atoms with Gasteiger partial charge in [-0.3, -0.25) is 4.79 Å². The van der Waals surface area contributed by atoms with E-state index >= 15 is 0 Å². The van der Waals surface area contributed by atoms with Gasteiger partial charge in [0.05, 0.1) is 5.92 Å². The van der Waals surface area contributed by atoms with Crippen molar-refractivity contribution in [2.45, 2.75) is 42.4 Å². The SMILES string of the molecule is CC(C(=O)O)C1(I)CCCCC1. The van der Waals surface area contributed by atoms with E-state index in [9.17, 15) is 4.79 Å². The van der Waals surface area contributed by atoms with Gasteiger partial charge in [0, 0.05) is 3.42 Å². The molecule has 1 N–H and O–H groups in total. The Hall–Kier alpha value is 0.200.